The van der Waals surface area contributed by atoms with E-state index >= 15 is 0 Å². The molecule has 1 unspecified atom stereocenters. The van der Waals surface area contributed by atoms with Crippen LogP contribution >= 0.6 is 11.3 Å². The van der Waals surface area contributed by atoms with Crippen LogP contribution in [-0.4, -0.2) is 23.7 Å². The highest BCUT2D eigenvalue weighted by Gasteiger charge is 2.22. The van der Waals surface area contributed by atoms with Gasteiger partial charge in [-0.1, -0.05) is 13.3 Å². The summed E-state index contributed by atoms with van der Waals surface area (Å²) in [6, 6.07) is 0. The topological polar surface area (TPSA) is 34.1 Å². The van der Waals surface area contributed by atoms with Crippen molar-refractivity contribution < 1.29 is 4.74 Å². The van der Waals surface area contributed by atoms with Crippen LogP contribution in [0.5, 0.6) is 0 Å². The van der Waals surface area contributed by atoms with Crippen molar-refractivity contribution in [2.45, 2.75) is 71.4 Å². The van der Waals surface area contributed by atoms with Gasteiger partial charge in [0.25, 0.3) is 0 Å². The lowest BCUT2D eigenvalue weighted by atomic mass is 10.0. The van der Waals surface area contributed by atoms with Crippen molar-refractivity contribution in [2.75, 3.05) is 13.2 Å². The van der Waals surface area contributed by atoms with Crippen molar-refractivity contribution in [1.82, 2.24) is 10.3 Å². The number of thiazole rings is 1. The maximum absolute atomic E-state index is 5.61. The lowest BCUT2D eigenvalue weighted by Gasteiger charge is -2.20. The zero-order chi connectivity index (χ0) is 14.6. The molecule has 1 N–H and O–H groups in total. The molecule has 0 bridgehead atoms. The molecule has 1 aliphatic heterocycles. The van der Waals surface area contributed by atoms with Gasteiger partial charge < -0.3 is 10.1 Å². The van der Waals surface area contributed by atoms with Crippen LogP contribution in [0, 0.1) is 0 Å². The molecule has 0 spiro atoms. The molecule has 0 saturated carbocycles. The molecule has 0 amide bonds. The van der Waals surface area contributed by atoms with E-state index < -0.39 is 0 Å². The molecular formula is C16H28N2OS. The van der Waals surface area contributed by atoms with E-state index in [1.54, 1.807) is 0 Å². The molecule has 4 heteroatoms. The van der Waals surface area contributed by atoms with Crippen molar-refractivity contribution >= 4 is 11.3 Å². The van der Waals surface area contributed by atoms with Gasteiger partial charge in [0.2, 0.25) is 0 Å². The fourth-order valence-corrected chi connectivity index (χ4v) is 3.60. The van der Waals surface area contributed by atoms with Gasteiger partial charge in [0.15, 0.2) is 0 Å². The molecule has 0 aliphatic carbocycles. The lowest BCUT2D eigenvalue weighted by Crippen LogP contribution is -2.35. The fraction of sp³-hybridized carbons (Fsp3) is 0.812. The van der Waals surface area contributed by atoms with Crippen LogP contribution < -0.4 is 5.32 Å². The van der Waals surface area contributed by atoms with Crippen LogP contribution in [0.25, 0.3) is 0 Å². The Morgan fingerprint density at radius 1 is 1.40 bits per heavy atom. The van der Waals surface area contributed by atoms with E-state index in [2.05, 4.69) is 33.0 Å². The van der Waals surface area contributed by atoms with Crippen LogP contribution in [0.3, 0.4) is 0 Å². The molecule has 1 atom stereocenters. The Hall–Kier alpha value is -0.450. The van der Waals surface area contributed by atoms with Crippen molar-refractivity contribution in [3.05, 3.63) is 15.6 Å². The average molecular weight is 296 g/mol. The molecule has 2 rings (SSSR count). The molecule has 1 fully saturated rings. The Morgan fingerprint density at radius 3 is 2.80 bits per heavy atom. The first-order valence-electron chi connectivity index (χ1n) is 7.81. The van der Waals surface area contributed by atoms with Gasteiger partial charge in [0, 0.05) is 29.5 Å². The van der Waals surface area contributed by atoms with Crippen LogP contribution in [0.15, 0.2) is 0 Å². The highest BCUT2D eigenvalue weighted by atomic mass is 32.1. The summed E-state index contributed by atoms with van der Waals surface area (Å²) in [5.41, 5.74) is 1.46. The summed E-state index contributed by atoms with van der Waals surface area (Å²) in [4.78, 5) is 6.34. The number of hydrogen-bond donors (Lipinski definition) is 1. The number of nitrogens with one attached hydrogen (secondary N) is 1. The van der Waals surface area contributed by atoms with E-state index in [1.165, 1.54) is 28.4 Å². The monoisotopic (exact) mass is 296 g/mol. The third-order valence-corrected chi connectivity index (χ3v) is 4.83. The Morgan fingerprint density at radius 2 is 2.20 bits per heavy atom. The van der Waals surface area contributed by atoms with Crippen molar-refractivity contribution in [3.8, 4) is 0 Å². The predicted octanol–water partition coefficient (Wildman–Crippen LogP) is 3.88. The van der Waals surface area contributed by atoms with Gasteiger partial charge in [-0.3, -0.25) is 0 Å². The molecule has 114 valence electrons. The second-order valence-electron chi connectivity index (χ2n) is 6.69. The summed E-state index contributed by atoms with van der Waals surface area (Å²) in [7, 11) is 0. The van der Waals surface area contributed by atoms with Gasteiger partial charge in [0.1, 0.15) is 0 Å². The van der Waals surface area contributed by atoms with E-state index in [0.29, 0.717) is 5.92 Å². The molecule has 0 aromatic carbocycles. The highest BCUT2D eigenvalue weighted by molar-refractivity contribution is 7.11. The van der Waals surface area contributed by atoms with Gasteiger partial charge in [-0.05, 0) is 40.0 Å². The summed E-state index contributed by atoms with van der Waals surface area (Å²) in [5, 5.41) is 4.88. The normalized spacial score (nSPS) is 20.3. The molecule has 1 aliphatic rings. The zero-order valence-electron chi connectivity index (χ0n) is 13.3. The number of nitrogens with zero attached hydrogens (tertiary/aromatic N) is 1. The molecule has 1 saturated heterocycles. The first-order valence-corrected chi connectivity index (χ1v) is 8.62. The minimum absolute atomic E-state index is 0.154. The summed E-state index contributed by atoms with van der Waals surface area (Å²) in [6.07, 6.45) is 4.65. The van der Waals surface area contributed by atoms with Crippen molar-refractivity contribution in [1.29, 1.82) is 0 Å². The Balaban J connectivity index is 2.10. The van der Waals surface area contributed by atoms with Gasteiger partial charge in [0.05, 0.1) is 17.3 Å². The van der Waals surface area contributed by atoms with Gasteiger partial charge in [-0.2, -0.15) is 0 Å². The molecule has 1 aromatic rings. The first kappa shape index (κ1) is 15.9. The van der Waals surface area contributed by atoms with E-state index in [1.807, 2.05) is 11.3 Å². The number of aromatic nitrogens is 1. The van der Waals surface area contributed by atoms with Crippen molar-refractivity contribution in [3.63, 3.8) is 0 Å². The van der Waals surface area contributed by atoms with Crippen LogP contribution in [0.4, 0.5) is 0 Å². The van der Waals surface area contributed by atoms with Crippen LogP contribution in [0.2, 0.25) is 0 Å². The Kier molecular flexibility index (Phi) is 5.58. The summed E-state index contributed by atoms with van der Waals surface area (Å²) >= 11 is 1.89. The fourth-order valence-electron chi connectivity index (χ4n) is 2.43. The molecule has 20 heavy (non-hydrogen) atoms. The number of rotatable bonds is 5. The van der Waals surface area contributed by atoms with E-state index in [-0.39, 0.29) is 5.54 Å². The zero-order valence-corrected chi connectivity index (χ0v) is 14.1. The second kappa shape index (κ2) is 7.01. The third-order valence-electron chi connectivity index (χ3n) is 3.57. The smallest absolute Gasteiger partial charge is 0.0985 e. The highest BCUT2D eigenvalue weighted by Crippen LogP contribution is 2.31. The minimum atomic E-state index is 0.154. The standard InChI is InChI=1S/C16H28N2OS/c1-5-7-13-14(10-17-16(2,3)4)20-15(18-13)12-8-6-9-19-11-12/h12,17H,5-11H2,1-4H3. The van der Waals surface area contributed by atoms with E-state index in [4.69, 9.17) is 9.72 Å². The molecule has 1 aromatic heterocycles. The van der Waals surface area contributed by atoms with E-state index in [9.17, 15) is 0 Å². The van der Waals surface area contributed by atoms with E-state index in [0.717, 1.165) is 32.6 Å². The molecule has 3 nitrogen and oxygen atoms in total. The van der Waals surface area contributed by atoms with Crippen LogP contribution in [-0.2, 0) is 17.7 Å². The SMILES string of the molecule is CCCc1nc(C2CCCOC2)sc1CNC(C)(C)C. The molecule has 0 radical (unpaired) electrons. The maximum Gasteiger partial charge on any atom is 0.0985 e. The average Bonchev–Trinajstić information content (AvgIpc) is 2.80. The summed E-state index contributed by atoms with van der Waals surface area (Å²) in [5.74, 6) is 0.521. The number of aryl methyl sites for hydroxylation is 1. The van der Waals surface area contributed by atoms with Gasteiger partial charge in [-0.15, -0.1) is 11.3 Å². The molecular weight excluding hydrogens is 268 g/mol. The third kappa shape index (κ3) is 4.54. The Bertz CT molecular complexity index is 417. The second-order valence-corrected chi connectivity index (χ2v) is 7.80. The lowest BCUT2D eigenvalue weighted by molar-refractivity contribution is 0.0803. The summed E-state index contributed by atoms with van der Waals surface area (Å²) < 4.78 is 5.61. The first-order chi connectivity index (χ1) is 9.49. The predicted molar refractivity (Wildman–Crippen MR) is 85.5 cm³/mol. The Labute approximate surface area is 127 Å². The largest absolute Gasteiger partial charge is 0.381 e. The minimum Gasteiger partial charge on any atom is -0.381 e. The van der Waals surface area contributed by atoms with Crippen molar-refractivity contribution in [2.24, 2.45) is 0 Å². The maximum atomic E-state index is 5.61. The van der Waals surface area contributed by atoms with Crippen LogP contribution in [0.1, 0.15) is 68.5 Å². The molecule has 2 heterocycles. The quantitative estimate of drug-likeness (QED) is 0.895. The number of hydrogen-bond acceptors (Lipinski definition) is 4. The number of ether oxygens (including phenoxy) is 1. The van der Waals surface area contributed by atoms with Gasteiger partial charge in [-0.25, -0.2) is 4.98 Å². The van der Waals surface area contributed by atoms with Gasteiger partial charge >= 0.3 is 0 Å². The summed E-state index contributed by atoms with van der Waals surface area (Å²) in [6.45, 7) is 11.6.